The molecule has 2 rings (SSSR count). The molecule has 2 aromatic rings. The van der Waals surface area contributed by atoms with Crippen LogP contribution in [0.5, 0.6) is 0 Å². The largest absolute Gasteiger partial charge is 0.245 e. The first-order valence-electron chi connectivity index (χ1n) is 9.43. The van der Waals surface area contributed by atoms with E-state index < -0.39 is 0 Å². The van der Waals surface area contributed by atoms with Crippen molar-refractivity contribution in [3.05, 3.63) is 52.8 Å². The lowest BCUT2D eigenvalue weighted by molar-refractivity contribution is 0.794. The molecule has 4 heteroatoms. The summed E-state index contributed by atoms with van der Waals surface area (Å²) >= 11 is 0. The number of nitrogens with one attached hydrogen (secondary N) is 1. The summed E-state index contributed by atoms with van der Waals surface area (Å²) in [4.78, 5) is 9.12. The SMILES string of the molecule is CCCCc1ccccc1C(C)=NNc1nc(CC)cc(CCC)n1. The van der Waals surface area contributed by atoms with Gasteiger partial charge in [-0.05, 0) is 44.2 Å². The van der Waals surface area contributed by atoms with Crippen LogP contribution in [0, 0.1) is 0 Å². The van der Waals surface area contributed by atoms with Gasteiger partial charge in [0.15, 0.2) is 0 Å². The lowest BCUT2D eigenvalue weighted by Crippen LogP contribution is -2.07. The number of hydrogen-bond acceptors (Lipinski definition) is 4. The molecule has 1 aromatic heterocycles. The summed E-state index contributed by atoms with van der Waals surface area (Å²) in [6.45, 7) is 8.53. The van der Waals surface area contributed by atoms with Crippen molar-refractivity contribution in [2.45, 2.75) is 66.2 Å². The first kappa shape index (κ1) is 19.1. The highest BCUT2D eigenvalue weighted by molar-refractivity contribution is 6.00. The van der Waals surface area contributed by atoms with Gasteiger partial charge in [0.1, 0.15) is 0 Å². The van der Waals surface area contributed by atoms with E-state index in [1.807, 2.05) is 6.92 Å². The van der Waals surface area contributed by atoms with E-state index in [9.17, 15) is 0 Å². The first-order chi connectivity index (χ1) is 12.2. The molecule has 0 radical (unpaired) electrons. The molecule has 0 spiro atoms. The summed E-state index contributed by atoms with van der Waals surface area (Å²) < 4.78 is 0. The Balaban J connectivity index is 2.20. The predicted molar refractivity (Wildman–Crippen MR) is 106 cm³/mol. The van der Waals surface area contributed by atoms with Crippen LogP contribution in [-0.2, 0) is 19.3 Å². The van der Waals surface area contributed by atoms with Gasteiger partial charge in [-0.1, -0.05) is 57.9 Å². The lowest BCUT2D eigenvalue weighted by atomic mass is 9.99. The van der Waals surface area contributed by atoms with Crippen molar-refractivity contribution in [2.24, 2.45) is 5.10 Å². The third-order valence-electron chi connectivity index (χ3n) is 4.23. The zero-order chi connectivity index (χ0) is 18.1. The molecule has 0 amide bonds. The maximum atomic E-state index is 4.58. The number of rotatable bonds is 9. The molecule has 0 aliphatic heterocycles. The number of aromatic nitrogens is 2. The highest BCUT2D eigenvalue weighted by atomic mass is 15.4. The molecule has 0 unspecified atom stereocenters. The zero-order valence-corrected chi connectivity index (χ0v) is 16.0. The Morgan fingerprint density at radius 3 is 2.48 bits per heavy atom. The third kappa shape index (κ3) is 5.66. The Morgan fingerprint density at radius 2 is 1.76 bits per heavy atom. The van der Waals surface area contributed by atoms with Crippen molar-refractivity contribution >= 4 is 11.7 Å². The summed E-state index contributed by atoms with van der Waals surface area (Å²) in [6, 6.07) is 10.6. The van der Waals surface area contributed by atoms with Gasteiger partial charge in [0, 0.05) is 17.0 Å². The fraction of sp³-hybridized carbons (Fsp3) is 0.476. The Morgan fingerprint density at radius 1 is 1.00 bits per heavy atom. The van der Waals surface area contributed by atoms with E-state index in [-0.39, 0.29) is 0 Å². The van der Waals surface area contributed by atoms with E-state index in [2.05, 4.69) is 71.6 Å². The molecule has 0 saturated carbocycles. The van der Waals surface area contributed by atoms with Crippen molar-refractivity contribution < 1.29 is 0 Å². The number of nitrogens with zero attached hydrogens (tertiary/aromatic N) is 3. The number of hydrazone groups is 1. The van der Waals surface area contributed by atoms with Crippen LogP contribution >= 0.6 is 0 Å². The highest BCUT2D eigenvalue weighted by Gasteiger charge is 2.06. The fourth-order valence-electron chi connectivity index (χ4n) is 2.82. The van der Waals surface area contributed by atoms with Crippen LogP contribution < -0.4 is 5.43 Å². The topological polar surface area (TPSA) is 50.2 Å². The van der Waals surface area contributed by atoms with Gasteiger partial charge in [0.25, 0.3) is 0 Å². The van der Waals surface area contributed by atoms with E-state index in [0.717, 1.165) is 42.8 Å². The van der Waals surface area contributed by atoms with Crippen molar-refractivity contribution in [3.63, 3.8) is 0 Å². The lowest BCUT2D eigenvalue weighted by Gasteiger charge is -2.10. The Hall–Kier alpha value is -2.23. The van der Waals surface area contributed by atoms with E-state index in [0.29, 0.717) is 5.95 Å². The minimum absolute atomic E-state index is 0.591. The van der Waals surface area contributed by atoms with Gasteiger partial charge in [-0.15, -0.1) is 0 Å². The maximum absolute atomic E-state index is 4.58. The second-order valence-electron chi connectivity index (χ2n) is 6.35. The van der Waals surface area contributed by atoms with Gasteiger partial charge in [0.05, 0.1) is 5.71 Å². The van der Waals surface area contributed by atoms with Gasteiger partial charge in [-0.25, -0.2) is 15.4 Å². The van der Waals surface area contributed by atoms with Crippen LogP contribution in [0.25, 0.3) is 0 Å². The molecule has 25 heavy (non-hydrogen) atoms. The van der Waals surface area contributed by atoms with Crippen molar-refractivity contribution in [3.8, 4) is 0 Å². The summed E-state index contributed by atoms with van der Waals surface area (Å²) in [5.74, 6) is 0.591. The fourth-order valence-corrected chi connectivity index (χ4v) is 2.82. The highest BCUT2D eigenvalue weighted by Crippen LogP contribution is 2.14. The second kappa shape index (κ2) is 9.92. The van der Waals surface area contributed by atoms with Gasteiger partial charge in [-0.3, -0.25) is 0 Å². The molecule has 0 saturated heterocycles. The molecule has 134 valence electrons. The normalized spacial score (nSPS) is 11.6. The minimum atomic E-state index is 0.591. The number of hydrogen-bond donors (Lipinski definition) is 1. The number of anilines is 1. The van der Waals surface area contributed by atoms with Gasteiger partial charge in [-0.2, -0.15) is 5.10 Å². The molecule has 0 bridgehead atoms. The zero-order valence-electron chi connectivity index (χ0n) is 16.0. The molecule has 1 aromatic carbocycles. The average Bonchev–Trinajstić information content (AvgIpc) is 2.64. The van der Waals surface area contributed by atoms with E-state index in [1.165, 1.54) is 24.0 Å². The Kier molecular flexibility index (Phi) is 7.58. The quantitative estimate of drug-likeness (QED) is 0.507. The molecule has 0 aliphatic rings. The number of benzene rings is 1. The molecular weight excluding hydrogens is 308 g/mol. The third-order valence-corrected chi connectivity index (χ3v) is 4.23. The van der Waals surface area contributed by atoms with Crippen LogP contribution in [0.15, 0.2) is 35.4 Å². The Labute approximate surface area is 151 Å². The smallest absolute Gasteiger partial charge is 0.243 e. The van der Waals surface area contributed by atoms with Crippen LogP contribution in [0.4, 0.5) is 5.95 Å². The molecule has 1 N–H and O–H groups in total. The van der Waals surface area contributed by atoms with Gasteiger partial charge < -0.3 is 0 Å². The average molecular weight is 338 g/mol. The van der Waals surface area contributed by atoms with Crippen LogP contribution in [-0.4, -0.2) is 15.7 Å². The predicted octanol–water partition coefficient (Wildman–Crippen LogP) is 5.17. The summed E-state index contributed by atoms with van der Waals surface area (Å²) in [7, 11) is 0. The molecule has 0 atom stereocenters. The standard InChI is InChI=1S/C21H30N4/c1-5-8-12-17-13-9-10-14-20(17)16(4)24-25-21-22-18(7-3)15-19(23-21)11-6-2/h9-10,13-15H,5-8,11-12H2,1-4H3,(H,22,23,25). The second-order valence-corrected chi connectivity index (χ2v) is 6.35. The van der Waals surface area contributed by atoms with Crippen molar-refractivity contribution in [1.29, 1.82) is 0 Å². The molecule has 4 nitrogen and oxygen atoms in total. The Bertz CT molecular complexity index is 707. The summed E-state index contributed by atoms with van der Waals surface area (Å²) in [6.07, 6.45) is 6.41. The van der Waals surface area contributed by atoms with Crippen LogP contribution in [0.2, 0.25) is 0 Å². The van der Waals surface area contributed by atoms with Crippen molar-refractivity contribution in [1.82, 2.24) is 9.97 Å². The molecule has 0 aliphatic carbocycles. The maximum Gasteiger partial charge on any atom is 0.243 e. The number of aryl methyl sites for hydroxylation is 3. The van der Waals surface area contributed by atoms with E-state index in [4.69, 9.17) is 0 Å². The van der Waals surface area contributed by atoms with E-state index >= 15 is 0 Å². The molecule has 1 heterocycles. The monoisotopic (exact) mass is 338 g/mol. The summed E-state index contributed by atoms with van der Waals surface area (Å²) in [5.41, 5.74) is 8.71. The molecule has 0 fully saturated rings. The van der Waals surface area contributed by atoms with Gasteiger partial charge in [0.2, 0.25) is 5.95 Å². The first-order valence-corrected chi connectivity index (χ1v) is 9.43. The van der Waals surface area contributed by atoms with Gasteiger partial charge >= 0.3 is 0 Å². The van der Waals surface area contributed by atoms with Crippen molar-refractivity contribution in [2.75, 3.05) is 5.43 Å². The summed E-state index contributed by atoms with van der Waals surface area (Å²) in [5, 5.41) is 4.55. The van der Waals surface area contributed by atoms with Crippen LogP contribution in [0.3, 0.4) is 0 Å². The van der Waals surface area contributed by atoms with Crippen LogP contribution in [0.1, 0.15) is 69.5 Å². The molecular formula is C21H30N4. The minimum Gasteiger partial charge on any atom is -0.245 e. The van der Waals surface area contributed by atoms with E-state index in [1.54, 1.807) is 0 Å². The number of unbranched alkanes of at least 4 members (excludes halogenated alkanes) is 1.